The largest absolute Gasteiger partial charge is 0.467 e. The van der Waals surface area contributed by atoms with Crippen molar-refractivity contribution >= 4 is 23.6 Å². The molecule has 0 radical (unpaired) electrons. The Morgan fingerprint density at radius 1 is 1.38 bits per heavy atom. The van der Waals surface area contributed by atoms with Gasteiger partial charge in [0.25, 0.3) is 0 Å². The predicted molar refractivity (Wildman–Crippen MR) is 94.6 cm³/mol. The first kappa shape index (κ1) is 17.4. The van der Waals surface area contributed by atoms with Crippen molar-refractivity contribution in [1.82, 2.24) is 9.80 Å². The van der Waals surface area contributed by atoms with E-state index in [-0.39, 0.29) is 22.5 Å². The van der Waals surface area contributed by atoms with Crippen molar-refractivity contribution < 1.29 is 14.0 Å². The minimum absolute atomic E-state index is 0.0300. The molecule has 24 heavy (non-hydrogen) atoms. The van der Waals surface area contributed by atoms with Crippen molar-refractivity contribution in [1.29, 1.82) is 0 Å². The Morgan fingerprint density at radius 2 is 2.12 bits per heavy atom. The van der Waals surface area contributed by atoms with E-state index in [1.807, 2.05) is 35.1 Å². The predicted octanol–water partition coefficient (Wildman–Crippen LogP) is 2.76. The molecule has 6 heteroatoms. The lowest BCUT2D eigenvalue weighted by atomic mass is 9.72. The number of likely N-dealkylation sites (tertiary alicyclic amines) is 2. The molecule has 1 aromatic heterocycles. The normalized spacial score (nSPS) is 22.0. The van der Waals surface area contributed by atoms with E-state index in [0.29, 0.717) is 13.0 Å². The highest BCUT2D eigenvalue weighted by Gasteiger charge is 2.42. The van der Waals surface area contributed by atoms with Gasteiger partial charge in [0, 0.05) is 26.1 Å². The summed E-state index contributed by atoms with van der Waals surface area (Å²) in [5.74, 6) is 1.30. The van der Waals surface area contributed by atoms with Crippen LogP contribution in [0.15, 0.2) is 22.8 Å². The van der Waals surface area contributed by atoms with Crippen molar-refractivity contribution in [2.45, 2.75) is 44.4 Å². The molecular formula is C18H26N2O3S. The van der Waals surface area contributed by atoms with Gasteiger partial charge in [-0.3, -0.25) is 9.59 Å². The Balaban J connectivity index is 1.60. The summed E-state index contributed by atoms with van der Waals surface area (Å²) >= 11 is 1.60. The van der Waals surface area contributed by atoms with Crippen molar-refractivity contribution in [3.05, 3.63) is 24.2 Å². The lowest BCUT2D eigenvalue weighted by molar-refractivity contribution is -0.143. The number of rotatable bonds is 4. The molecule has 0 N–H and O–H groups in total. The molecule has 1 atom stereocenters. The molecule has 2 amide bonds. The molecule has 0 unspecified atom stereocenters. The van der Waals surface area contributed by atoms with E-state index in [1.165, 1.54) is 0 Å². The summed E-state index contributed by atoms with van der Waals surface area (Å²) in [7, 11) is 0. The average Bonchev–Trinajstić information content (AvgIpc) is 3.11. The SMILES string of the molecule is CS[C@H](C)C(=O)N1CCC2(CCC(=O)N(Cc3ccco3)C2)CC1. The third-order valence-corrected chi connectivity index (χ3v) is 6.42. The Morgan fingerprint density at radius 3 is 2.75 bits per heavy atom. The third-order valence-electron chi connectivity index (χ3n) is 5.51. The van der Waals surface area contributed by atoms with E-state index < -0.39 is 0 Å². The van der Waals surface area contributed by atoms with Crippen LogP contribution in [0, 0.1) is 5.41 Å². The summed E-state index contributed by atoms with van der Waals surface area (Å²) in [6, 6.07) is 3.77. The highest BCUT2D eigenvalue weighted by atomic mass is 32.2. The fourth-order valence-electron chi connectivity index (χ4n) is 3.80. The second-order valence-electron chi connectivity index (χ2n) is 7.03. The van der Waals surface area contributed by atoms with Gasteiger partial charge < -0.3 is 14.2 Å². The number of nitrogens with zero attached hydrogens (tertiary/aromatic N) is 2. The van der Waals surface area contributed by atoms with E-state index in [0.717, 1.165) is 44.7 Å². The van der Waals surface area contributed by atoms with E-state index in [1.54, 1.807) is 18.0 Å². The molecule has 3 heterocycles. The first-order valence-corrected chi connectivity index (χ1v) is 9.93. The summed E-state index contributed by atoms with van der Waals surface area (Å²) in [6.07, 6.45) is 7.16. The van der Waals surface area contributed by atoms with Gasteiger partial charge in [0.2, 0.25) is 11.8 Å². The number of hydrogen-bond donors (Lipinski definition) is 0. The van der Waals surface area contributed by atoms with Crippen molar-refractivity contribution in [2.24, 2.45) is 5.41 Å². The average molecular weight is 350 g/mol. The maximum Gasteiger partial charge on any atom is 0.235 e. The fraction of sp³-hybridized carbons (Fsp3) is 0.667. The molecule has 1 spiro atoms. The van der Waals surface area contributed by atoms with Crippen LogP contribution >= 0.6 is 11.8 Å². The fourth-order valence-corrected chi connectivity index (χ4v) is 4.16. The molecule has 5 nitrogen and oxygen atoms in total. The van der Waals surface area contributed by atoms with Gasteiger partial charge in [0.05, 0.1) is 18.1 Å². The number of amides is 2. The Bertz CT molecular complexity index is 579. The van der Waals surface area contributed by atoms with Crippen LogP contribution in [0.25, 0.3) is 0 Å². The molecule has 0 saturated carbocycles. The first-order valence-electron chi connectivity index (χ1n) is 8.65. The van der Waals surface area contributed by atoms with Gasteiger partial charge in [-0.1, -0.05) is 0 Å². The lowest BCUT2D eigenvalue weighted by Gasteiger charge is -2.47. The molecule has 3 rings (SSSR count). The minimum Gasteiger partial charge on any atom is -0.467 e. The zero-order chi connectivity index (χ0) is 17.2. The highest BCUT2D eigenvalue weighted by Crippen LogP contribution is 2.40. The van der Waals surface area contributed by atoms with E-state index in [4.69, 9.17) is 4.42 Å². The van der Waals surface area contributed by atoms with E-state index in [2.05, 4.69) is 0 Å². The smallest absolute Gasteiger partial charge is 0.235 e. The van der Waals surface area contributed by atoms with Crippen molar-refractivity contribution in [3.63, 3.8) is 0 Å². The van der Waals surface area contributed by atoms with Gasteiger partial charge in [-0.25, -0.2) is 0 Å². The number of hydrogen-bond acceptors (Lipinski definition) is 4. The van der Waals surface area contributed by atoms with Gasteiger partial charge >= 0.3 is 0 Å². The Labute approximate surface area is 147 Å². The monoisotopic (exact) mass is 350 g/mol. The maximum absolute atomic E-state index is 12.4. The molecule has 0 aliphatic carbocycles. The summed E-state index contributed by atoms with van der Waals surface area (Å²) in [4.78, 5) is 28.6. The summed E-state index contributed by atoms with van der Waals surface area (Å²) in [5.41, 5.74) is 0.167. The summed E-state index contributed by atoms with van der Waals surface area (Å²) in [5, 5.41) is 0.0300. The first-order chi connectivity index (χ1) is 11.5. The van der Waals surface area contributed by atoms with E-state index >= 15 is 0 Å². The highest BCUT2D eigenvalue weighted by molar-refractivity contribution is 7.99. The van der Waals surface area contributed by atoms with Crippen LogP contribution in [0.5, 0.6) is 0 Å². The maximum atomic E-state index is 12.4. The molecule has 0 aromatic carbocycles. The topological polar surface area (TPSA) is 53.8 Å². The van der Waals surface area contributed by atoms with Crippen LogP contribution < -0.4 is 0 Å². The van der Waals surface area contributed by atoms with Gasteiger partial charge in [0.15, 0.2) is 0 Å². The zero-order valence-corrected chi connectivity index (χ0v) is 15.3. The number of carbonyl (C=O) groups is 2. The molecule has 2 fully saturated rings. The number of carbonyl (C=O) groups excluding carboxylic acids is 2. The van der Waals surface area contributed by atoms with Crippen LogP contribution in [0.2, 0.25) is 0 Å². The molecule has 2 aliphatic heterocycles. The second-order valence-corrected chi connectivity index (χ2v) is 8.21. The number of furan rings is 1. The standard InChI is InChI=1S/C18H26N2O3S/c1-14(24-2)17(22)19-9-7-18(8-10-19)6-5-16(21)20(13-18)12-15-4-3-11-23-15/h3-4,11,14H,5-10,12-13H2,1-2H3/t14-/m1/s1. The molecule has 0 bridgehead atoms. The van der Waals surface area contributed by atoms with Crippen LogP contribution in [-0.4, -0.2) is 52.8 Å². The second kappa shape index (κ2) is 7.21. The number of piperidine rings is 2. The Kier molecular flexibility index (Phi) is 5.23. The Hall–Kier alpha value is -1.43. The van der Waals surface area contributed by atoms with Crippen LogP contribution in [0.4, 0.5) is 0 Å². The zero-order valence-electron chi connectivity index (χ0n) is 14.5. The van der Waals surface area contributed by atoms with Gasteiger partial charge in [-0.05, 0) is 50.0 Å². The summed E-state index contributed by atoms with van der Waals surface area (Å²) < 4.78 is 5.40. The molecule has 132 valence electrons. The van der Waals surface area contributed by atoms with Crippen molar-refractivity contribution in [2.75, 3.05) is 25.9 Å². The number of thioether (sulfide) groups is 1. The molecule has 2 aliphatic rings. The summed E-state index contributed by atoms with van der Waals surface area (Å²) in [6.45, 7) is 4.94. The van der Waals surface area contributed by atoms with Crippen LogP contribution in [0.1, 0.15) is 38.4 Å². The van der Waals surface area contributed by atoms with Gasteiger partial charge in [-0.2, -0.15) is 11.8 Å². The van der Waals surface area contributed by atoms with Crippen LogP contribution in [0.3, 0.4) is 0 Å². The minimum atomic E-state index is 0.0300. The molecule has 2 saturated heterocycles. The lowest BCUT2D eigenvalue weighted by Crippen LogP contribution is -2.52. The quantitative estimate of drug-likeness (QED) is 0.838. The third kappa shape index (κ3) is 3.63. The molecule has 1 aromatic rings. The van der Waals surface area contributed by atoms with Crippen LogP contribution in [-0.2, 0) is 16.1 Å². The van der Waals surface area contributed by atoms with E-state index in [9.17, 15) is 9.59 Å². The van der Waals surface area contributed by atoms with Gasteiger partial charge in [-0.15, -0.1) is 0 Å². The van der Waals surface area contributed by atoms with Gasteiger partial charge in [0.1, 0.15) is 5.76 Å². The molecular weight excluding hydrogens is 324 g/mol. The van der Waals surface area contributed by atoms with Crippen molar-refractivity contribution in [3.8, 4) is 0 Å².